The van der Waals surface area contributed by atoms with Crippen LogP contribution in [0, 0.1) is 0 Å². The second-order valence-electron chi connectivity index (χ2n) is 7.74. The van der Waals surface area contributed by atoms with Crippen LogP contribution >= 0.6 is 55.1 Å². The molecule has 1 aliphatic rings. The molecule has 1 aliphatic heterocycles. The summed E-state index contributed by atoms with van der Waals surface area (Å²) in [5, 5.41) is 9.71. The van der Waals surface area contributed by atoms with Crippen LogP contribution in [0.5, 0.6) is 0 Å². The third kappa shape index (κ3) is 6.08. The fourth-order valence-corrected chi connectivity index (χ4v) is 4.62. The zero-order valence-electron chi connectivity index (χ0n) is 17.8. The van der Waals surface area contributed by atoms with E-state index in [1.807, 2.05) is 48.5 Å². The summed E-state index contributed by atoms with van der Waals surface area (Å²) in [5.41, 5.74) is 3.21. The number of carbonyl (C=O) groups is 2. The normalized spacial score (nSPS) is 15.2. The Labute approximate surface area is 224 Å². The number of rotatable bonds is 6. The summed E-state index contributed by atoms with van der Waals surface area (Å²) in [5.74, 6) is -0.536. The van der Waals surface area contributed by atoms with Gasteiger partial charge in [0.1, 0.15) is 0 Å². The van der Waals surface area contributed by atoms with Crippen molar-refractivity contribution in [2.75, 3.05) is 5.32 Å². The number of halogens is 4. The van der Waals surface area contributed by atoms with Crippen LogP contribution in [0.2, 0.25) is 10.0 Å². The van der Waals surface area contributed by atoms with Gasteiger partial charge in [-0.25, -0.2) is 5.01 Å². The molecule has 1 atom stereocenters. The lowest BCUT2D eigenvalue weighted by molar-refractivity contribution is -0.134. The first-order valence-electron chi connectivity index (χ1n) is 10.5. The molecule has 0 radical (unpaired) electrons. The van der Waals surface area contributed by atoms with Gasteiger partial charge in [0.15, 0.2) is 0 Å². The van der Waals surface area contributed by atoms with E-state index < -0.39 is 0 Å². The minimum absolute atomic E-state index is 0.00445. The fourth-order valence-electron chi connectivity index (χ4n) is 3.64. The summed E-state index contributed by atoms with van der Waals surface area (Å²) in [6, 6.07) is 20.3. The van der Waals surface area contributed by atoms with Gasteiger partial charge in [0.25, 0.3) is 0 Å². The molecule has 0 aliphatic carbocycles. The Morgan fingerprint density at radius 1 is 0.941 bits per heavy atom. The SMILES string of the molecule is O=C(CCC(=O)N1N=C(c2ccc(Br)cc2)C[C@@H]1c1ccc(Br)cc1)Nc1ccc(Cl)cc1Cl. The van der Waals surface area contributed by atoms with Crippen molar-refractivity contribution in [1.29, 1.82) is 0 Å². The predicted octanol–water partition coefficient (Wildman–Crippen LogP) is 7.62. The third-order valence-electron chi connectivity index (χ3n) is 5.37. The Balaban J connectivity index is 1.49. The number of carbonyl (C=O) groups excluding carboxylic acids is 2. The molecule has 2 amide bonds. The lowest BCUT2D eigenvalue weighted by Crippen LogP contribution is -2.28. The Hall–Kier alpha value is -2.19. The molecule has 0 bridgehead atoms. The average molecular weight is 624 g/mol. The first kappa shape index (κ1) is 24.9. The number of hydrazone groups is 1. The van der Waals surface area contributed by atoms with Crippen molar-refractivity contribution < 1.29 is 9.59 Å². The Kier molecular flexibility index (Phi) is 8.09. The van der Waals surface area contributed by atoms with Crippen LogP contribution in [0.25, 0.3) is 0 Å². The minimum atomic E-state index is -0.311. The molecule has 3 aromatic carbocycles. The Bertz CT molecular complexity index is 1250. The fraction of sp³-hybridized carbons (Fsp3) is 0.160. The molecule has 0 unspecified atom stereocenters. The standard InChI is InChI=1S/C25H19Br2Cl2N3O2/c26-17-5-1-15(2-6-17)22-14-23(16-3-7-18(27)8-4-16)32(31-22)25(34)12-11-24(33)30-21-10-9-19(28)13-20(21)29/h1-10,13,23H,11-12,14H2,(H,30,33)/t23-/m1/s1. The van der Waals surface area contributed by atoms with Crippen LogP contribution in [0.4, 0.5) is 5.69 Å². The number of nitrogens with one attached hydrogen (secondary N) is 1. The van der Waals surface area contributed by atoms with Gasteiger partial charge in [-0.15, -0.1) is 0 Å². The van der Waals surface area contributed by atoms with Gasteiger partial charge < -0.3 is 5.32 Å². The molecule has 1 N–H and O–H groups in total. The van der Waals surface area contributed by atoms with Crippen molar-refractivity contribution in [3.63, 3.8) is 0 Å². The second-order valence-corrected chi connectivity index (χ2v) is 10.4. The summed E-state index contributed by atoms with van der Waals surface area (Å²) in [6.45, 7) is 0. The topological polar surface area (TPSA) is 61.8 Å². The molecular formula is C25H19Br2Cl2N3O2. The van der Waals surface area contributed by atoms with Crippen molar-refractivity contribution in [2.45, 2.75) is 25.3 Å². The highest BCUT2D eigenvalue weighted by Gasteiger charge is 2.33. The summed E-state index contributed by atoms with van der Waals surface area (Å²) in [6.07, 6.45) is 0.604. The third-order valence-corrected chi connectivity index (χ3v) is 6.97. The molecule has 0 spiro atoms. The van der Waals surface area contributed by atoms with Crippen LogP contribution in [0.15, 0.2) is 80.8 Å². The van der Waals surface area contributed by atoms with Crippen LogP contribution in [0.3, 0.4) is 0 Å². The van der Waals surface area contributed by atoms with Gasteiger partial charge in [-0.2, -0.15) is 5.10 Å². The van der Waals surface area contributed by atoms with Gasteiger partial charge in [-0.3, -0.25) is 9.59 Å². The van der Waals surface area contributed by atoms with E-state index in [1.165, 1.54) is 5.01 Å². The van der Waals surface area contributed by atoms with Crippen molar-refractivity contribution in [3.05, 3.63) is 96.8 Å². The van der Waals surface area contributed by atoms with Gasteiger partial charge in [0.05, 0.1) is 22.5 Å². The number of anilines is 1. The summed E-state index contributed by atoms with van der Waals surface area (Å²) >= 11 is 18.9. The van der Waals surface area contributed by atoms with E-state index >= 15 is 0 Å². The number of hydrogen-bond acceptors (Lipinski definition) is 3. The van der Waals surface area contributed by atoms with Gasteiger partial charge >= 0.3 is 0 Å². The molecule has 34 heavy (non-hydrogen) atoms. The van der Waals surface area contributed by atoms with E-state index in [4.69, 9.17) is 23.2 Å². The van der Waals surface area contributed by atoms with E-state index in [1.54, 1.807) is 18.2 Å². The maximum absolute atomic E-state index is 13.2. The van der Waals surface area contributed by atoms with E-state index in [2.05, 4.69) is 42.3 Å². The predicted molar refractivity (Wildman–Crippen MR) is 143 cm³/mol. The minimum Gasteiger partial charge on any atom is -0.325 e. The van der Waals surface area contributed by atoms with E-state index in [-0.39, 0.29) is 30.7 Å². The number of benzene rings is 3. The molecule has 174 valence electrons. The van der Waals surface area contributed by atoms with Gasteiger partial charge in [-0.1, -0.05) is 79.3 Å². The van der Waals surface area contributed by atoms with E-state index in [0.717, 1.165) is 25.8 Å². The van der Waals surface area contributed by atoms with Crippen molar-refractivity contribution >= 4 is 78.3 Å². The van der Waals surface area contributed by atoms with Crippen molar-refractivity contribution in [1.82, 2.24) is 5.01 Å². The first-order valence-corrected chi connectivity index (χ1v) is 12.8. The lowest BCUT2D eigenvalue weighted by Gasteiger charge is -2.22. The molecule has 0 fully saturated rings. The molecule has 9 heteroatoms. The van der Waals surface area contributed by atoms with Gasteiger partial charge in [-0.05, 0) is 53.6 Å². The smallest absolute Gasteiger partial charge is 0.243 e. The monoisotopic (exact) mass is 621 g/mol. The highest BCUT2D eigenvalue weighted by atomic mass is 79.9. The average Bonchev–Trinajstić information content (AvgIpc) is 3.26. The summed E-state index contributed by atoms with van der Waals surface area (Å²) in [7, 11) is 0. The highest BCUT2D eigenvalue weighted by molar-refractivity contribution is 9.10. The number of hydrogen-bond donors (Lipinski definition) is 1. The molecule has 4 rings (SSSR count). The zero-order valence-corrected chi connectivity index (χ0v) is 22.5. The molecular weight excluding hydrogens is 605 g/mol. The van der Waals surface area contributed by atoms with Crippen molar-refractivity contribution in [3.8, 4) is 0 Å². The van der Waals surface area contributed by atoms with Crippen LogP contribution in [-0.2, 0) is 9.59 Å². The number of nitrogens with zero attached hydrogens (tertiary/aromatic N) is 2. The molecule has 0 aromatic heterocycles. The van der Waals surface area contributed by atoms with E-state index in [0.29, 0.717) is 22.2 Å². The van der Waals surface area contributed by atoms with Crippen LogP contribution in [0.1, 0.15) is 36.4 Å². The first-order chi connectivity index (χ1) is 16.3. The molecule has 3 aromatic rings. The van der Waals surface area contributed by atoms with Crippen molar-refractivity contribution in [2.24, 2.45) is 5.10 Å². The molecule has 5 nitrogen and oxygen atoms in total. The van der Waals surface area contributed by atoms with Crippen LogP contribution < -0.4 is 5.32 Å². The summed E-state index contributed by atoms with van der Waals surface area (Å²) < 4.78 is 1.93. The largest absolute Gasteiger partial charge is 0.325 e. The van der Waals surface area contributed by atoms with E-state index in [9.17, 15) is 9.59 Å². The Morgan fingerprint density at radius 3 is 2.24 bits per heavy atom. The lowest BCUT2D eigenvalue weighted by atomic mass is 9.98. The Morgan fingerprint density at radius 2 is 1.59 bits per heavy atom. The number of amides is 2. The molecule has 0 saturated carbocycles. The van der Waals surface area contributed by atoms with Crippen LogP contribution in [-0.4, -0.2) is 22.5 Å². The van der Waals surface area contributed by atoms with Gasteiger partial charge in [0.2, 0.25) is 11.8 Å². The zero-order chi connectivity index (χ0) is 24.2. The second kappa shape index (κ2) is 11.0. The molecule has 0 saturated heterocycles. The summed E-state index contributed by atoms with van der Waals surface area (Å²) in [4.78, 5) is 25.6. The maximum atomic E-state index is 13.2. The van der Waals surface area contributed by atoms with Gasteiger partial charge in [0, 0.05) is 33.2 Å². The maximum Gasteiger partial charge on any atom is 0.243 e. The quantitative estimate of drug-likeness (QED) is 0.307. The molecule has 1 heterocycles. The highest BCUT2D eigenvalue weighted by Crippen LogP contribution is 2.34.